The van der Waals surface area contributed by atoms with Crippen LogP contribution in [0.2, 0.25) is 0 Å². The maximum absolute atomic E-state index is 9.08. The molecule has 8 rings (SSSR count). The number of aliphatic hydroxyl groups excluding tert-OH is 1. The summed E-state index contributed by atoms with van der Waals surface area (Å²) in [5.41, 5.74) is 6.69. The molecule has 290 valence electrons. The zero-order chi connectivity index (χ0) is 38.9. The summed E-state index contributed by atoms with van der Waals surface area (Å²) in [5.74, 6) is 4.68. The van der Waals surface area contributed by atoms with E-state index in [9.17, 15) is 0 Å². The zero-order valence-corrected chi connectivity index (χ0v) is 32.0. The number of hydrogen-bond acceptors (Lipinski definition) is 13. The van der Waals surface area contributed by atoms with Gasteiger partial charge in [0.25, 0.3) is 11.8 Å². The number of anilines is 1. The lowest BCUT2D eigenvalue weighted by atomic mass is 10.1. The number of benzene rings is 4. The summed E-state index contributed by atoms with van der Waals surface area (Å²) in [6.45, 7) is 12.0. The molecule has 4 aromatic carbocycles. The quantitative estimate of drug-likeness (QED) is 0.106. The normalized spacial score (nSPS) is 12.0. The van der Waals surface area contributed by atoms with Crippen LogP contribution in [0.5, 0.6) is 23.0 Å². The van der Waals surface area contributed by atoms with Crippen LogP contribution in [-0.4, -0.2) is 71.5 Å². The van der Waals surface area contributed by atoms with E-state index < -0.39 is 0 Å². The molecule has 0 unspecified atom stereocenters. The summed E-state index contributed by atoms with van der Waals surface area (Å²) in [6.07, 6.45) is 3.42. The van der Waals surface area contributed by atoms with Gasteiger partial charge in [-0.15, -0.1) is 0 Å². The van der Waals surface area contributed by atoms with E-state index in [1.807, 2.05) is 94.4 Å². The van der Waals surface area contributed by atoms with Crippen molar-refractivity contribution < 1.29 is 37.5 Å². The van der Waals surface area contributed by atoms with E-state index in [2.05, 4.69) is 37.3 Å². The first kappa shape index (κ1) is 38.0. The first-order valence-electron chi connectivity index (χ1n) is 19.0. The lowest BCUT2D eigenvalue weighted by molar-refractivity contribution is 0.288. The van der Waals surface area contributed by atoms with Gasteiger partial charge in [0.15, 0.2) is 23.0 Å². The van der Waals surface area contributed by atoms with Crippen LogP contribution in [-0.2, 0) is 6.42 Å². The highest BCUT2D eigenvalue weighted by atomic mass is 16.5. The van der Waals surface area contributed by atoms with Gasteiger partial charge in [-0.25, -0.2) is 0 Å². The summed E-state index contributed by atoms with van der Waals surface area (Å²) in [7, 11) is 0. The predicted octanol–water partition coefficient (Wildman–Crippen LogP) is 8.89. The molecule has 3 aromatic heterocycles. The second-order valence-corrected chi connectivity index (χ2v) is 12.7. The molecule has 7 aromatic rings. The van der Waals surface area contributed by atoms with E-state index in [-0.39, 0.29) is 6.61 Å². The van der Waals surface area contributed by atoms with Crippen LogP contribution in [0.3, 0.4) is 0 Å². The van der Waals surface area contributed by atoms with Gasteiger partial charge in [-0.1, -0.05) is 10.3 Å². The number of ether oxygens (including phenoxy) is 4. The lowest BCUT2D eigenvalue weighted by Gasteiger charge is -2.18. The van der Waals surface area contributed by atoms with E-state index in [1.165, 1.54) is 11.3 Å². The molecule has 0 atom stereocenters. The Morgan fingerprint density at radius 3 is 1.77 bits per heavy atom. The van der Waals surface area contributed by atoms with Gasteiger partial charge in [-0.3, -0.25) is 0 Å². The Balaban J connectivity index is 0.000000173. The third-order valence-electron chi connectivity index (χ3n) is 9.06. The molecule has 0 aliphatic carbocycles. The van der Waals surface area contributed by atoms with Crippen LogP contribution < -0.4 is 23.8 Å². The molecule has 0 amide bonds. The van der Waals surface area contributed by atoms with E-state index in [0.717, 1.165) is 59.2 Å². The van der Waals surface area contributed by atoms with Crippen LogP contribution in [0.4, 0.5) is 5.69 Å². The minimum Gasteiger partial charge on any atom is -0.490 e. The average Bonchev–Trinajstić information content (AvgIpc) is 4.06. The van der Waals surface area contributed by atoms with Gasteiger partial charge in [-0.05, 0) is 125 Å². The van der Waals surface area contributed by atoms with Gasteiger partial charge in [0.1, 0.15) is 5.58 Å². The maximum atomic E-state index is 9.08. The fourth-order valence-electron chi connectivity index (χ4n) is 6.49. The van der Waals surface area contributed by atoms with Crippen LogP contribution in [0, 0.1) is 0 Å². The Bertz CT molecular complexity index is 2370. The molecular weight excluding hydrogens is 714 g/mol. The Hall–Kier alpha value is -6.34. The molecule has 13 nitrogen and oxygen atoms in total. The summed E-state index contributed by atoms with van der Waals surface area (Å²) < 4.78 is 38.9. The first-order valence-corrected chi connectivity index (χ1v) is 19.0. The van der Waals surface area contributed by atoms with E-state index in [1.54, 1.807) is 6.26 Å². The van der Waals surface area contributed by atoms with Gasteiger partial charge in [0.05, 0.1) is 32.7 Å². The van der Waals surface area contributed by atoms with Crippen LogP contribution in [0.15, 0.2) is 98.6 Å². The zero-order valence-electron chi connectivity index (χ0n) is 32.0. The first-order chi connectivity index (χ1) is 27.5. The second kappa shape index (κ2) is 17.9. The molecule has 1 N–H and O–H groups in total. The summed E-state index contributed by atoms with van der Waals surface area (Å²) in [4.78, 5) is 11.4. The molecule has 4 heterocycles. The molecular formula is C43H45N5O8. The highest BCUT2D eigenvalue weighted by Crippen LogP contribution is 2.36. The number of rotatable bonds is 15. The van der Waals surface area contributed by atoms with Gasteiger partial charge in [-0.2, -0.15) is 9.97 Å². The van der Waals surface area contributed by atoms with Crippen LogP contribution in [0.1, 0.15) is 39.7 Å². The topological polar surface area (TPSA) is 151 Å². The molecule has 0 bridgehead atoms. The predicted molar refractivity (Wildman–Crippen MR) is 212 cm³/mol. The van der Waals surface area contributed by atoms with E-state index >= 15 is 0 Å². The fraction of sp³-hybridized carbons (Fsp3) is 0.302. The third-order valence-corrected chi connectivity index (χ3v) is 9.06. The molecule has 1 aliphatic heterocycles. The molecule has 0 radical (unpaired) electrons. The third kappa shape index (κ3) is 8.47. The fourth-order valence-corrected chi connectivity index (χ4v) is 6.49. The Morgan fingerprint density at radius 1 is 0.625 bits per heavy atom. The summed E-state index contributed by atoms with van der Waals surface area (Å²) in [5, 5.41) is 18.4. The van der Waals surface area contributed by atoms with Crippen LogP contribution in [0.25, 0.3) is 56.7 Å². The van der Waals surface area contributed by atoms with Crippen molar-refractivity contribution in [2.24, 2.45) is 0 Å². The Morgan fingerprint density at radius 2 is 1.18 bits per heavy atom. The lowest BCUT2D eigenvalue weighted by Crippen LogP contribution is -2.22. The maximum Gasteiger partial charge on any atom is 0.258 e. The van der Waals surface area contributed by atoms with Crippen molar-refractivity contribution in [3.05, 3.63) is 90.7 Å². The largest absolute Gasteiger partial charge is 0.490 e. The van der Waals surface area contributed by atoms with Crippen molar-refractivity contribution in [2.45, 2.75) is 40.5 Å². The number of aromatic nitrogens is 4. The molecule has 1 aliphatic rings. The SMILES string of the molecule is CCOc1ccc(-c2nc(-c3ccc4c(c3)CCN4CCCO)no2)cc1OCC.CCOc1ccc(-c2nc(-c3ccc4occc4c3)no2)cc1OCC. The number of furan rings is 1. The molecule has 56 heavy (non-hydrogen) atoms. The number of hydrogen-bond donors (Lipinski definition) is 1. The monoisotopic (exact) mass is 759 g/mol. The molecule has 13 heteroatoms. The number of fused-ring (bicyclic) bond motifs is 2. The standard InChI is InChI=1S/C23H27N3O4.C20H18N2O4/c1-3-28-20-9-7-18(15-21(20)29-4-2)23-24-22(25-30-23)17-6-8-19-16(14-17)10-12-26(19)11-5-13-27;1-3-23-17-8-6-15(12-18(17)24-4-2)20-21-19(22-26-20)14-5-7-16-13(11-14)9-10-25-16/h6-9,14-15,27H,3-5,10-13H2,1-2H3;5-12H,3-4H2,1-2H3. The van der Waals surface area contributed by atoms with Crippen molar-refractivity contribution in [2.75, 3.05) is 51.0 Å². The minimum atomic E-state index is 0.214. The second-order valence-electron chi connectivity index (χ2n) is 12.7. The van der Waals surface area contributed by atoms with Gasteiger partial charge >= 0.3 is 0 Å². The van der Waals surface area contributed by atoms with Gasteiger partial charge in [0.2, 0.25) is 11.6 Å². The molecule has 0 saturated carbocycles. The number of nitrogens with zero attached hydrogens (tertiary/aromatic N) is 5. The highest BCUT2D eigenvalue weighted by molar-refractivity contribution is 5.82. The van der Waals surface area contributed by atoms with Crippen molar-refractivity contribution in [3.8, 4) is 68.7 Å². The summed E-state index contributed by atoms with van der Waals surface area (Å²) in [6, 6.07) is 25.1. The molecule has 0 saturated heterocycles. The van der Waals surface area contributed by atoms with Gasteiger partial charge in [0, 0.05) is 53.0 Å². The molecule has 0 fully saturated rings. The Kier molecular flexibility index (Phi) is 12.1. The molecule has 0 spiro atoms. The van der Waals surface area contributed by atoms with Crippen molar-refractivity contribution in [3.63, 3.8) is 0 Å². The van der Waals surface area contributed by atoms with Crippen molar-refractivity contribution in [1.29, 1.82) is 0 Å². The van der Waals surface area contributed by atoms with Crippen LogP contribution >= 0.6 is 0 Å². The van der Waals surface area contributed by atoms with E-state index in [4.69, 9.17) is 37.5 Å². The van der Waals surface area contributed by atoms with Crippen molar-refractivity contribution >= 4 is 16.7 Å². The average molecular weight is 760 g/mol. The van der Waals surface area contributed by atoms with E-state index in [0.29, 0.717) is 72.9 Å². The Labute approximate surface area is 324 Å². The highest BCUT2D eigenvalue weighted by Gasteiger charge is 2.21. The minimum absolute atomic E-state index is 0.214. The summed E-state index contributed by atoms with van der Waals surface area (Å²) >= 11 is 0. The number of aliphatic hydroxyl groups is 1. The van der Waals surface area contributed by atoms with Gasteiger partial charge < -0.3 is 42.4 Å². The smallest absolute Gasteiger partial charge is 0.258 e. The van der Waals surface area contributed by atoms with Crippen molar-refractivity contribution in [1.82, 2.24) is 20.3 Å².